The van der Waals surface area contributed by atoms with Gasteiger partial charge in [0.1, 0.15) is 0 Å². The molecule has 0 unspecified atom stereocenters. The van der Waals surface area contributed by atoms with E-state index in [2.05, 4.69) is 24.3 Å². The first-order valence-corrected chi connectivity index (χ1v) is 7.42. The first-order chi connectivity index (χ1) is 8.37. The van der Waals surface area contributed by atoms with Gasteiger partial charge in [0.15, 0.2) is 0 Å². The molecule has 1 rings (SSSR count). The molecule has 0 saturated heterocycles. The van der Waals surface area contributed by atoms with Gasteiger partial charge in [-0.15, -0.1) is 0 Å². The van der Waals surface area contributed by atoms with Crippen molar-refractivity contribution >= 4 is 0 Å². The van der Waals surface area contributed by atoms with Crippen LogP contribution in [0.3, 0.4) is 0 Å². The van der Waals surface area contributed by atoms with Crippen LogP contribution in [0.4, 0.5) is 0 Å². The molecule has 0 spiro atoms. The van der Waals surface area contributed by atoms with Crippen molar-refractivity contribution in [3.8, 4) is 0 Å². The van der Waals surface area contributed by atoms with Crippen LogP contribution in [-0.2, 0) is 0 Å². The maximum Gasteiger partial charge on any atom is 0.0718 e. The summed E-state index contributed by atoms with van der Waals surface area (Å²) in [5.41, 5.74) is -0.189. The first-order valence-electron chi connectivity index (χ1n) is 7.42. The lowest BCUT2D eigenvalue weighted by Gasteiger charge is -2.38. The Morgan fingerprint density at radius 3 is 2.17 bits per heavy atom. The van der Waals surface area contributed by atoms with E-state index in [1.54, 1.807) is 0 Å². The number of nitrogens with one attached hydrogen (secondary N) is 1. The van der Waals surface area contributed by atoms with Crippen LogP contribution in [-0.4, -0.2) is 49.3 Å². The molecule has 0 aromatic carbocycles. The van der Waals surface area contributed by atoms with Crippen molar-refractivity contribution in [1.82, 2.24) is 10.2 Å². The summed E-state index contributed by atoms with van der Waals surface area (Å²) in [4.78, 5) is 2.31. The minimum Gasteiger partial charge on any atom is -0.389 e. The fourth-order valence-electron chi connectivity index (χ4n) is 3.53. The molecule has 2 N–H and O–H groups in total. The van der Waals surface area contributed by atoms with E-state index in [4.69, 9.17) is 0 Å². The molecule has 0 bridgehead atoms. The van der Waals surface area contributed by atoms with Crippen molar-refractivity contribution in [2.75, 3.05) is 33.7 Å². The lowest BCUT2D eigenvalue weighted by Crippen LogP contribution is -2.46. The van der Waals surface area contributed by atoms with E-state index in [9.17, 15) is 5.11 Å². The average molecular weight is 256 g/mol. The third kappa shape index (κ3) is 5.68. The maximum atomic E-state index is 9.93. The SMILES string of the molecule is CNCC1(CN(C)CC(C)(C)O)CCCCCC1. The van der Waals surface area contributed by atoms with Crippen LogP contribution in [0, 0.1) is 5.41 Å². The molecule has 0 aromatic heterocycles. The predicted octanol–water partition coefficient (Wildman–Crippen LogP) is 2.25. The molecule has 0 atom stereocenters. The number of rotatable bonds is 6. The van der Waals surface area contributed by atoms with Crippen LogP contribution >= 0.6 is 0 Å². The zero-order valence-corrected chi connectivity index (χ0v) is 12.8. The normalized spacial score (nSPS) is 21.0. The Bertz CT molecular complexity index is 227. The Morgan fingerprint density at radius 2 is 1.72 bits per heavy atom. The second-order valence-corrected chi connectivity index (χ2v) is 6.93. The van der Waals surface area contributed by atoms with Gasteiger partial charge in [0, 0.05) is 19.6 Å². The average Bonchev–Trinajstić information content (AvgIpc) is 2.41. The summed E-state index contributed by atoms with van der Waals surface area (Å²) < 4.78 is 0. The predicted molar refractivity (Wildman–Crippen MR) is 77.9 cm³/mol. The van der Waals surface area contributed by atoms with Gasteiger partial charge in [-0.25, -0.2) is 0 Å². The highest BCUT2D eigenvalue weighted by Crippen LogP contribution is 2.35. The lowest BCUT2D eigenvalue weighted by atomic mass is 9.79. The standard InChI is InChI=1S/C15H32N2O/c1-14(2,18)12-17(4)13-15(11-16-3)9-7-5-6-8-10-15/h16,18H,5-13H2,1-4H3. The molecule has 3 heteroatoms. The van der Waals surface area contributed by atoms with Gasteiger partial charge >= 0.3 is 0 Å². The van der Waals surface area contributed by atoms with Crippen molar-refractivity contribution in [3.63, 3.8) is 0 Å². The molecule has 0 aliphatic heterocycles. The summed E-state index contributed by atoms with van der Waals surface area (Å²) in [5.74, 6) is 0. The van der Waals surface area contributed by atoms with Crippen LogP contribution in [0.15, 0.2) is 0 Å². The lowest BCUT2D eigenvalue weighted by molar-refractivity contribution is 0.0275. The molecular formula is C15H32N2O. The highest BCUT2D eigenvalue weighted by atomic mass is 16.3. The minimum absolute atomic E-state index is 0.408. The smallest absolute Gasteiger partial charge is 0.0718 e. The van der Waals surface area contributed by atoms with Crippen molar-refractivity contribution in [3.05, 3.63) is 0 Å². The van der Waals surface area contributed by atoms with E-state index in [1.165, 1.54) is 38.5 Å². The van der Waals surface area contributed by atoms with E-state index in [0.29, 0.717) is 5.41 Å². The Kier molecular flexibility index (Phi) is 6.09. The molecule has 0 heterocycles. The third-order valence-corrected chi connectivity index (χ3v) is 3.98. The van der Waals surface area contributed by atoms with E-state index < -0.39 is 5.60 Å². The summed E-state index contributed by atoms with van der Waals surface area (Å²) in [6.07, 6.45) is 8.14. The van der Waals surface area contributed by atoms with Crippen molar-refractivity contribution in [1.29, 1.82) is 0 Å². The Morgan fingerprint density at radius 1 is 1.17 bits per heavy atom. The Hall–Kier alpha value is -0.120. The highest BCUT2D eigenvalue weighted by Gasteiger charge is 2.32. The number of hydrogen-bond donors (Lipinski definition) is 2. The molecule has 1 aliphatic carbocycles. The second-order valence-electron chi connectivity index (χ2n) is 6.93. The summed E-state index contributed by atoms with van der Waals surface area (Å²) in [6.45, 7) is 6.72. The monoisotopic (exact) mass is 256 g/mol. The summed E-state index contributed by atoms with van der Waals surface area (Å²) in [7, 11) is 4.20. The molecule has 1 saturated carbocycles. The zero-order chi connectivity index (χ0) is 13.6. The summed E-state index contributed by atoms with van der Waals surface area (Å²) in [5, 5.41) is 13.3. The van der Waals surface area contributed by atoms with Gasteiger partial charge in [-0.2, -0.15) is 0 Å². The molecular weight excluding hydrogens is 224 g/mol. The van der Waals surface area contributed by atoms with Gasteiger partial charge in [-0.1, -0.05) is 25.7 Å². The highest BCUT2D eigenvalue weighted by molar-refractivity contribution is 4.87. The number of hydrogen-bond acceptors (Lipinski definition) is 3. The first kappa shape index (κ1) is 15.9. The third-order valence-electron chi connectivity index (χ3n) is 3.98. The summed E-state index contributed by atoms with van der Waals surface area (Å²) in [6, 6.07) is 0. The zero-order valence-electron chi connectivity index (χ0n) is 12.8. The topological polar surface area (TPSA) is 35.5 Å². The van der Waals surface area contributed by atoms with Crippen LogP contribution in [0.5, 0.6) is 0 Å². The Balaban J connectivity index is 2.60. The van der Waals surface area contributed by atoms with Crippen molar-refractivity contribution < 1.29 is 5.11 Å². The number of nitrogens with zero attached hydrogens (tertiary/aromatic N) is 1. The van der Waals surface area contributed by atoms with E-state index in [1.807, 2.05) is 13.8 Å². The van der Waals surface area contributed by atoms with Gasteiger partial charge in [0.2, 0.25) is 0 Å². The van der Waals surface area contributed by atoms with Crippen LogP contribution in [0.1, 0.15) is 52.4 Å². The van der Waals surface area contributed by atoms with E-state index in [0.717, 1.165) is 19.6 Å². The fraction of sp³-hybridized carbons (Fsp3) is 1.00. The molecule has 1 aliphatic rings. The van der Waals surface area contributed by atoms with Gasteiger partial charge in [-0.05, 0) is 46.2 Å². The molecule has 0 amide bonds. The van der Waals surface area contributed by atoms with Gasteiger partial charge in [-0.3, -0.25) is 0 Å². The van der Waals surface area contributed by atoms with Gasteiger partial charge in [0.25, 0.3) is 0 Å². The molecule has 1 fully saturated rings. The number of aliphatic hydroxyl groups is 1. The molecule has 108 valence electrons. The van der Waals surface area contributed by atoms with Crippen LogP contribution < -0.4 is 5.32 Å². The minimum atomic E-state index is -0.597. The quantitative estimate of drug-likeness (QED) is 0.716. The second kappa shape index (κ2) is 6.88. The number of likely N-dealkylation sites (N-methyl/N-ethyl adjacent to an activating group) is 1. The molecule has 18 heavy (non-hydrogen) atoms. The van der Waals surface area contributed by atoms with Crippen LogP contribution in [0.2, 0.25) is 0 Å². The van der Waals surface area contributed by atoms with Crippen molar-refractivity contribution in [2.45, 2.75) is 58.0 Å². The Labute approximate surface area is 113 Å². The summed E-state index contributed by atoms with van der Waals surface area (Å²) >= 11 is 0. The van der Waals surface area contributed by atoms with Gasteiger partial charge in [0.05, 0.1) is 5.60 Å². The van der Waals surface area contributed by atoms with E-state index in [-0.39, 0.29) is 0 Å². The molecule has 0 aromatic rings. The van der Waals surface area contributed by atoms with E-state index >= 15 is 0 Å². The van der Waals surface area contributed by atoms with Gasteiger partial charge < -0.3 is 15.3 Å². The molecule has 0 radical (unpaired) electrons. The largest absolute Gasteiger partial charge is 0.389 e. The van der Waals surface area contributed by atoms with Crippen molar-refractivity contribution in [2.24, 2.45) is 5.41 Å². The molecule has 3 nitrogen and oxygen atoms in total. The van der Waals surface area contributed by atoms with Crippen LogP contribution in [0.25, 0.3) is 0 Å². The fourth-order valence-corrected chi connectivity index (χ4v) is 3.53. The maximum absolute atomic E-state index is 9.93.